The van der Waals surface area contributed by atoms with E-state index >= 15 is 0 Å². The van der Waals surface area contributed by atoms with Crippen molar-refractivity contribution in [3.8, 4) is 0 Å². The monoisotopic (exact) mass is 398 g/mol. The Hall–Kier alpha value is -1.40. The second-order valence-electron chi connectivity index (χ2n) is 8.48. The summed E-state index contributed by atoms with van der Waals surface area (Å²) >= 11 is 0. The van der Waals surface area contributed by atoms with Gasteiger partial charge in [0.15, 0.2) is 8.32 Å². The molecule has 27 heavy (non-hydrogen) atoms. The minimum Gasteiger partial charge on any atom is -0.463 e. The maximum atomic E-state index is 11.6. The molecule has 0 saturated carbocycles. The van der Waals surface area contributed by atoms with Crippen LogP contribution < -0.4 is 0 Å². The van der Waals surface area contributed by atoms with E-state index in [2.05, 4.69) is 33.9 Å². The Bertz CT molecular complexity index is 531. The van der Waals surface area contributed by atoms with Gasteiger partial charge in [0.25, 0.3) is 0 Å². The van der Waals surface area contributed by atoms with Crippen molar-refractivity contribution in [2.24, 2.45) is 11.8 Å². The first-order valence-corrected chi connectivity index (χ1v) is 12.6. The number of carbonyl (C=O) groups excluding carboxylic acids is 2. The standard InChI is InChI=1S/C21H38O5Si/c1-10-24-19(23)14-12-11-13-16(2)20(26-18(4)22)17(3)15-25-27(8,9)21(5,6)7/h11-14,16-17,20H,10,15H2,1-9H3/b13-11+,14-12+/t16-,17-,20-/m0/s1. The van der Waals surface area contributed by atoms with Crippen LogP contribution in [-0.2, 0) is 23.5 Å². The predicted octanol–water partition coefficient (Wildman–Crippen LogP) is 4.89. The molecule has 0 saturated heterocycles. The zero-order valence-electron chi connectivity index (χ0n) is 18.5. The summed E-state index contributed by atoms with van der Waals surface area (Å²) in [6.45, 7) is 19.2. The Balaban J connectivity index is 4.99. The molecule has 0 rings (SSSR count). The van der Waals surface area contributed by atoms with Crippen LogP contribution in [0.3, 0.4) is 0 Å². The minimum absolute atomic E-state index is 0.0150. The molecule has 156 valence electrons. The summed E-state index contributed by atoms with van der Waals surface area (Å²) in [6.07, 6.45) is 6.42. The molecule has 5 nitrogen and oxygen atoms in total. The molecule has 3 atom stereocenters. The Kier molecular flexibility index (Phi) is 10.8. The maximum Gasteiger partial charge on any atom is 0.330 e. The van der Waals surface area contributed by atoms with Gasteiger partial charge in [0.1, 0.15) is 6.10 Å². The van der Waals surface area contributed by atoms with Crippen LogP contribution in [0.25, 0.3) is 0 Å². The van der Waals surface area contributed by atoms with Gasteiger partial charge in [-0.1, -0.05) is 52.8 Å². The van der Waals surface area contributed by atoms with Gasteiger partial charge in [-0.05, 0) is 25.1 Å². The van der Waals surface area contributed by atoms with Crippen LogP contribution in [0.2, 0.25) is 18.1 Å². The van der Waals surface area contributed by atoms with E-state index in [0.717, 1.165) is 0 Å². The summed E-state index contributed by atoms with van der Waals surface area (Å²) in [5, 5.41) is 0.132. The van der Waals surface area contributed by atoms with Gasteiger partial charge in [-0.25, -0.2) is 4.79 Å². The molecule has 0 aromatic carbocycles. The summed E-state index contributed by atoms with van der Waals surface area (Å²) in [7, 11) is -1.86. The highest BCUT2D eigenvalue weighted by Gasteiger charge is 2.38. The molecule has 0 aliphatic carbocycles. The predicted molar refractivity (Wildman–Crippen MR) is 112 cm³/mol. The molecular weight excluding hydrogens is 360 g/mol. The Morgan fingerprint density at radius 2 is 1.70 bits per heavy atom. The van der Waals surface area contributed by atoms with Gasteiger partial charge in [-0.2, -0.15) is 0 Å². The molecular formula is C21H38O5Si. The number of rotatable bonds is 10. The van der Waals surface area contributed by atoms with Gasteiger partial charge in [0, 0.05) is 31.4 Å². The van der Waals surface area contributed by atoms with Gasteiger partial charge in [0.2, 0.25) is 0 Å². The Morgan fingerprint density at radius 1 is 1.11 bits per heavy atom. The fourth-order valence-corrected chi connectivity index (χ4v) is 3.37. The number of allylic oxidation sites excluding steroid dienone is 2. The molecule has 0 heterocycles. The van der Waals surface area contributed by atoms with Crippen molar-refractivity contribution >= 4 is 20.3 Å². The summed E-state index contributed by atoms with van der Waals surface area (Å²) < 4.78 is 16.7. The van der Waals surface area contributed by atoms with Crippen LogP contribution in [0.4, 0.5) is 0 Å². The van der Waals surface area contributed by atoms with E-state index in [9.17, 15) is 9.59 Å². The van der Waals surface area contributed by atoms with Crippen molar-refractivity contribution in [1.82, 2.24) is 0 Å². The van der Waals surface area contributed by atoms with Gasteiger partial charge >= 0.3 is 11.9 Å². The number of carbonyl (C=O) groups is 2. The summed E-state index contributed by atoms with van der Waals surface area (Å²) in [6, 6.07) is 0. The Morgan fingerprint density at radius 3 is 2.19 bits per heavy atom. The largest absolute Gasteiger partial charge is 0.463 e. The van der Waals surface area contributed by atoms with Crippen molar-refractivity contribution < 1.29 is 23.5 Å². The molecule has 0 aromatic rings. The lowest BCUT2D eigenvalue weighted by Crippen LogP contribution is -2.43. The molecule has 0 spiro atoms. The van der Waals surface area contributed by atoms with Gasteiger partial charge < -0.3 is 13.9 Å². The van der Waals surface area contributed by atoms with Crippen molar-refractivity contribution in [3.05, 3.63) is 24.3 Å². The topological polar surface area (TPSA) is 61.8 Å². The number of hydrogen-bond donors (Lipinski definition) is 0. The zero-order chi connectivity index (χ0) is 21.3. The molecule has 6 heteroatoms. The number of hydrogen-bond acceptors (Lipinski definition) is 5. The average Bonchev–Trinajstić information content (AvgIpc) is 2.53. The van der Waals surface area contributed by atoms with Crippen molar-refractivity contribution in [3.63, 3.8) is 0 Å². The van der Waals surface area contributed by atoms with E-state index in [1.54, 1.807) is 19.1 Å². The molecule has 0 aliphatic heterocycles. The lowest BCUT2D eigenvalue weighted by molar-refractivity contribution is -0.151. The first-order valence-electron chi connectivity index (χ1n) is 9.64. The molecule has 0 amide bonds. The molecule has 0 fully saturated rings. The third-order valence-corrected chi connectivity index (χ3v) is 9.44. The second-order valence-corrected chi connectivity index (χ2v) is 13.3. The van der Waals surface area contributed by atoms with Crippen LogP contribution in [0, 0.1) is 11.8 Å². The molecule has 0 aliphatic rings. The van der Waals surface area contributed by atoms with Crippen LogP contribution in [-0.4, -0.2) is 39.6 Å². The van der Waals surface area contributed by atoms with Gasteiger partial charge in [0.05, 0.1) is 6.61 Å². The van der Waals surface area contributed by atoms with Crippen molar-refractivity contribution in [1.29, 1.82) is 0 Å². The molecule has 0 radical (unpaired) electrons. The van der Waals surface area contributed by atoms with E-state index in [-0.39, 0.29) is 34.9 Å². The lowest BCUT2D eigenvalue weighted by atomic mass is 9.93. The second kappa shape index (κ2) is 11.4. The van der Waals surface area contributed by atoms with Gasteiger partial charge in [-0.15, -0.1) is 0 Å². The van der Waals surface area contributed by atoms with Crippen LogP contribution in [0.1, 0.15) is 48.5 Å². The van der Waals surface area contributed by atoms with Crippen LogP contribution >= 0.6 is 0 Å². The molecule has 0 bridgehead atoms. The summed E-state index contributed by atoms with van der Waals surface area (Å²) in [5.41, 5.74) is 0. The van der Waals surface area contributed by atoms with E-state index in [4.69, 9.17) is 13.9 Å². The zero-order valence-corrected chi connectivity index (χ0v) is 19.5. The third kappa shape index (κ3) is 9.91. The molecule has 0 aromatic heterocycles. The highest BCUT2D eigenvalue weighted by molar-refractivity contribution is 6.74. The SMILES string of the molecule is CCOC(=O)/C=C/C=C/[C@H](C)[C@H](OC(C)=O)[C@@H](C)CO[Si](C)(C)C(C)(C)C. The highest BCUT2D eigenvalue weighted by atomic mass is 28.4. The normalized spacial score (nSPS) is 16.3. The quantitative estimate of drug-likeness (QED) is 0.227. The fraction of sp³-hybridized carbons (Fsp3) is 0.714. The third-order valence-electron chi connectivity index (χ3n) is 4.94. The number of esters is 2. The van der Waals surface area contributed by atoms with Crippen molar-refractivity contribution in [2.45, 2.75) is 72.7 Å². The molecule has 0 unspecified atom stereocenters. The minimum atomic E-state index is -1.86. The van der Waals surface area contributed by atoms with E-state index in [1.165, 1.54) is 13.0 Å². The number of ether oxygens (including phenoxy) is 2. The first-order chi connectivity index (χ1) is 12.3. The Labute approximate surface area is 166 Å². The fourth-order valence-electron chi connectivity index (χ4n) is 2.26. The lowest BCUT2D eigenvalue weighted by Gasteiger charge is -2.38. The van der Waals surface area contributed by atoms with E-state index in [1.807, 2.05) is 19.9 Å². The average molecular weight is 399 g/mol. The van der Waals surface area contributed by atoms with Gasteiger partial charge in [-0.3, -0.25) is 4.79 Å². The summed E-state index contributed by atoms with van der Waals surface area (Å²) in [4.78, 5) is 22.9. The molecule has 0 N–H and O–H groups in total. The van der Waals surface area contributed by atoms with Crippen LogP contribution in [0.15, 0.2) is 24.3 Å². The first kappa shape index (κ1) is 25.6. The van der Waals surface area contributed by atoms with Crippen molar-refractivity contribution in [2.75, 3.05) is 13.2 Å². The van der Waals surface area contributed by atoms with Crippen LogP contribution in [0.5, 0.6) is 0 Å². The highest BCUT2D eigenvalue weighted by Crippen LogP contribution is 2.37. The van der Waals surface area contributed by atoms with E-state index < -0.39 is 8.32 Å². The maximum absolute atomic E-state index is 11.6. The van der Waals surface area contributed by atoms with E-state index in [0.29, 0.717) is 13.2 Å². The smallest absolute Gasteiger partial charge is 0.330 e. The summed E-state index contributed by atoms with van der Waals surface area (Å²) in [5.74, 6) is -0.639.